The van der Waals surface area contributed by atoms with Crippen molar-refractivity contribution in [2.24, 2.45) is 0 Å². The Kier molecular flexibility index (Phi) is 18.7. The molecule has 0 unspecified atom stereocenters. The predicted molar refractivity (Wildman–Crippen MR) is 223 cm³/mol. The van der Waals surface area contributed by atoms with E-state index in [0.717, 1.165) is 27.2 Å². The molecule has 1 nitrogen and oxygen atoms in total. The lowest BCUT2D eigenvalue weighted by Gasteiger charge is -2.20. The van der Waals surface area contributed by atoms with E-state index < -0.39 is 6.36 Å². The molecular weight excluding hydrogens is 739 g/mol. The molecule has 0 N–H and O–H groups in total. The Morgan fingerprint density at radius 3 is 0.981 bits per heavy atom. The fraction of sp³-hybridized carbons (Fsp3) is 0.467. The molecule has 0 aliphatic rings. The molecule has 4 aromatic rings. The smallest absolute Gasteiger partial charge is 0.406 e. The molecule has 0 saturated carbocycles. The Hall–Kier alpha value is -2.73. The molecule has 0 aromatic heterocycles. The number of hydrogen-bond donors (Lipinski definition) is 0. The van der Waals surface area contributed by atoms with Crippen LogP contribution in [0.1, 0.15) is 129 Å². The van der Waals surface area contributed by atoms with Crippen molar-refractivity contribution in [3.63, 3.8) is 0 Å². The number of ether oxygens (including phenoxy) is 1. The largest absolute Gasteiger partial charge is 0.573 e. The Balaban J connectivity index is 0.000000681. The summed E-state index contributed by atoms with van der Waals surface area (Å²) in [4.78, 5) is 0. The average Bonchev–Trinajstić information content (AvgIpc) is 2.89. The van der Waals surface area contributed by atoms with Crippen molar-refractivity contribution in [3.05, 3.63) is 133 Å². The predicted octanol–water partition coefficient (Wildman–Crippen LogP) is 16.5. The van der Waals surface area contributed by atoms with Crippen molar-refractivity contribution < 1.29 is 22.3 Å². The van der Waals surface area contributed by atoms with Crippen LogP contribution in [0.25, 0.3) is 0 Å². The van der Waals surface area contributed by atoms with E-state index in [4.69, 9.17) is 34.8 Å². The normalized spacial score (nSPS) is 11.8. The zero-order valence-corrected chi connectivity index (χ0v) is 35.7. The minimum Gasteiger partial charge on any atom is -0.406 e. The maximum Gasteiger partial charge on any atom is 0.573 e. The molecule has 53 heavy (non-hydrogen) atoms. The van der Waals surface area contributed by atoms with E-state index >= 15 is 0 Å². The summed E-state index contributed by atoms with van der Waals surface area (Å²) in [5, 5.41) is 1.89. The molecule has 0 spiro atoms. The van der Waals surface area contributed by atoms with Crippen molar-refractivity contribution in [1.82, 2.24) is 0 Å². The fourth-order valence-corrected chi connectivity index (χ4v) is 5.50. The lowest BCUT2D eigenvalue weighted by molar-refractivity contribution is -0.274. The van der Waals surface area contributed by atoms with Gasteiger partial charge in [-0.25, -0.2) is 4.39 Å². The van der Waals surface area contributed by atoms with E-state index in [0.29, 0.717) is 5.56 Å². The van der Waals surface area contributed by atoms with Crippen LogP contribution in [-0.2, 0) is 21.7 Å². The van der Waals surface area contributed by atoms with Gasteiger partial charge >= 0.3 is 6.36 Å². The molecule has 8 heteroatoms. The molecule has 4 rings (SSSR count). The molecule has 0 heterocycles. The zero-order chi connectivity index (χ0) is 40.6. The number of benzene rings is 4. The summed E-state index contributed by atoms with van der Waals surface area (Å²) >= 11 is 17.6. The number of hydrogen-bond acceptors (Lipinski definition) is 1. The third-order valence-corrected chi connectivity index (χ3v) is 8.35. The van der Waals surface area contributed by atoms with Gasteiger partial charge < -0.3 is 4.74 Å². The van der Waals surface area contributed by atoms with Crippen molar-refractivity contribution in [2.75, 3.05) is 0 Å². The summed E-state index contributed by atoms with van der Waals surface area (Å²) in [6, 6.07) is 21.7. The van der Waals surface area contributed by atoms with Gasteiger partial charge in [0.05, 0.1) is 0 Å². The van der Waals surface area contributed by atoms with E-state index in [-0.39, 0.29) is 45.7 Å². The molecule has 0 aliphatic heterocycles. The van der Waals surface area contributed by atoms with Crippen molar-refractivity contribution in [1.29, 1.82) is 0 Å². The summed E-state index contributed by atoms with van der Waals surface area (Å²) in [7, 11) is 0. The number of rotatable bonds is 1. The van der Waals surface area contributed by atoms with Crippen LogP contribution in [-0.4, -0.2) is 6.36 Å². The van der Waals surface area contributed by atoms with Crippen molar-refractivity contribution in [2.45, 2.75) is 139 Å². The highest BCUT2D eigenvalue weighted by Gasteiger charge is 2.31. The van der Waals surface area contributed by atoms with Crippen LogP contribution in [0.5, 0.6) is 5.75 Å². The maximum absolute atomic E-state index is 13.0. The average molecular weight is 800 g/mol. The second kappa shape index (κ2) is 19.7. The highest BCUT2D eigenvalue weighted by molar-refractivity contribution is 6.31. The SMILES string of the molecule is C.CC(C)(C)c1cc(Cl)cc(OC(F)(F)F)c1.Cc1cc(Cl)cc(C(C)(C)C)c1.Cc1cc(Cl)cc(C(C)(C)C)c1.Cc1cc(F)cc(C(C)(C)C)c1. The first-order valence-electron chi connectivity index (χ1n) is 17.2. The Bertz CT molecular complexity index is 1540. The van der Waals surface area contributed by atoms with Crippen molar-refractivity contribution >= 4 is 34.8 Å². The van der Waals surface area contributed by atoms with Crippen LogP contribution < -0.4 is 4.74 Å². The summed E-state index contributed by atoms with van der Waals surface area (Å²) < 4.78 is 52.9. The van der Waals surface area contributed by atoms with Gasteiger partial charge in [-0.2, -0.15) is 0 Å². The topological polar surface area (TPSA) is 9.23 Å². The van der Waals surface area contributed by atoms with E-state index in [1.165, 1.54) is 28.3 Å². The van der Waals surface area contributed by atoms with Crippen LogP contribution in [0.4, 0.5) is 17.6 Å². The Morgan fingerprint density at radius 2 is 0.698 bits per heavy atom. The van der Waals surface area contributed by atoms with E-state index in [9.17, 15) is 17.6 Å². The summed E-state index contributed by atoms with van der Waals surface area (Å²) in [5.74, 6) is -0.426. The lowest BCUT2D eigenvalue weighted by atomic mass is 9.86. The van der Waals surface area contributed by atoms with Gasteiger partial charge in [-0.15, -0.1) is 13.2 Å². The van der Waals surface area contributed by atoms with Crippen molar-refractivity contribution in [3.8, 4) is 5.75 Å². The number of halogens is 7. The quantitative estimate of drug-likeness (QED) is 0.174. The van der Waals surface area contributed by atoms with Gasteiger partial charge in [0.15, 0.2) is 0 Å². The molecule has 0 bridgehead atoms. The first kappa shape index (κ1) is 50.3. The van der Waals surface area contributed by atoms with E-state index in [1.807, 2.05) is 58.0 Å². The lowest BCUT2D eigenvalue weighted by Crippen LogP contribution is -2.18. The van der Waals surface area contributed by atoms with Gasteiger partial charge in [0.25, 0.3) is 0 Å². The maximum atomic E-state index is 13.0. The van der Waals surface area contributed by atoms with Crippen LogP contribution in [0, 0.1) is 26.6 Å². The first-order chi connectivity index (χ1) is 23.3. The van der Waals surface area contributed by atoms with E-state index in [1.54, 1.807) is 18.2 Å². The Labute approximate surface area is 333 Å². The molecule has 0 aliphatic carbocycles. The molecular formula is C45H61Cl3F4O. The standard InChI is InChI=1S/C11H12ClF3O.2C11H15Cl.C11H15F.CH4/c1-10(2,3)7-4-8(12)6-9(5-7)16-11(13,14)15;3*1-8-5-9(11(2,3)4)7-10(12)6-8;/h4-6H,1-3H3;3*5-7H,1-4H3;1H4. The molecule has 296 valence electrons. The molecule has 0 amide bonds. The number of aryl methyl sites for hydroxylation is 3. The fourth-order valence-electron chi connectivity index (χ4n) is 4.70. The first-order valence-corrected chi connectivity index (χ1v) is 18.3. The summed E-state index contributed by atoms with van der Waals surface area (Å²) in [6.07, 6.45) is -4.69. The Morgan fingerprint density at radius 1 is 0.415 bits per heavy atom. The van der Waals surface area contributed by atoms with Gasteiger partial charge in [0, 0.05) is 15.1 Å². The minimum absolute atomic E-state index is 0. The third kappa shape index (κ3) is 20.0. The van der Waals surface area contributed by atoms with E-state index in [2.05, 4.69) is 93.0 Å². The van der Waals surface area contributed by atoms with Crippen LogP contribution in [0.2, 0.25) is 15.1 Å². The summed E-state index contributed by atoms with van der Waals surface area (Å²) in [5.41, 5.74) is 7.92. The van der Waals surface area contributed by atoms with Gasteiger partial charge in [0.1, 0.15) is 11.6 Å². The highest BCUT2D eigenvalue weighted by atomic mass is 35.5. The molecule has 4 aromatic carbocycles. The number of alkyl halides is 3. The molecule has 0 fully saturated rings. The van der Waals surface area contributed by atoms with Gasteiger partial charge in [0.2, 0.25) is 0 Å². The molecule has 0 radical (unpaired) electrons. The van der Waals surface area contributed by atoms with Crippen LogP contribution >= 0.6 is 34.8 Å². The molecule has 0 saturated heterocycles. The van der Waals surface area contributed by atoms with Crippen LogP contribution in [0.15, 0.2) is 72.8 Å². The monoisotopic (exact) mass is 798 g/mol. The van der Waals surface area contributed by atoms with Gasteiger partial charge in [-0.1, -0.05) is 144 Å². The summed E-state index contributed by atoms with van der Waals surface area (Å²) in [6.45, 7) is 31.1. The van der Waals surface area contributed by atoms with Gasteiger partial charge in [-0.3, -0.25) is 0 Å². The zero-order valence-electron chi connectivity index (χ0n) is 33.5. The third-order valence-electron chi connectivity index (χ3n) is 7.70. The minimum atomic E-state index is -4.69. The second-order valence-electron chi connectivity index (χ2n) is 17.3. The highest BCUT2D eigenvalue weighted by Crippen LogP contribution is 2.32. The molecule has 0 atom stereocenters. The second-order valence-corrected chi connectivity index (χ2v) is 18.6. The van der Waals surface area contributed by atoms with Crippen LogP contribution in [0.3, 0.4) is 0 Å². The van der Waals surface area contributed by atoms with Gasteiger partial charge in [-0.05, 0) is 136 Å².